The highest BCUT2D eigenvalue weighted by Gasteiger charge is 2.29. The lowest BCUT2D eigenvalue weighted by molar-refractivity contribution is 0.0951. The summed E-state index contributed by atoms with van der Waals surface area (Å²) in [6.45, 7) is 1.33. The highest BCUT2D eigenvalue weighted by atomic mass is 32.2. The van der Waals surface area contributed by atoms with Crippen LogP contribution in [0, 0.1) is 0 Å². The first kappa shape index (κ1) is 22.3. The van der Waals surface area contributed by atoms with Crippen molar-refractivity contribution in [3.63, 3.8) is 0 Å². The maximum Gasteiger partial charge on any atom is 0.251 e. The zero-order valence-corrected chi connectivity index (χ0v) is 19.0. The average Bonchev–Trinajstić information content (AvgIpc) is 3.12. The molecule has 1 amide bonds. The van der Waals surface area contributed by atoms with E-state index in [9.17, 15) is 13.2 Å². The molecule has 6 nitrogen and oxygen atoms in total. The topological polar surface area (TPSA) is 75.7 Å². The first-order valence-electron chi connectivity index (χ1n) is 10.9. The number of nitrogens with one attached hydrogen (secondary N) is 1. The quantitative estimate of drug-likeness (QED) is 0.604. The second-order valence-corrected chi connectivity index (χ2v) is 9.91. The maximum atomic E-state index is 13.3. The summed E-state index contributed by atoms with van der Waals surface area (Å²) in [5, 5.41) is 5.11. The molecule has 1 heterocycles. The number of rotatable bonds is 6. The van der Waals surface area contributed by atoms with Crippen LogP contribution in [0.3, 0.4) is 0 Å². The monoisotopic (exact) mass is 452 g/mol. The van der Waals surface area contributed by atoms with Gasteiger partial charge in [0.15, 0.2) is 0 Å². The number of fused-ring (bicyclic) bond motifs is 1. The molecule has 4 rings (SSSR count). The smallest absolute Gasteiger partial charge is 0.251 e. The summed E-state index contributed by atoms with van der Waals surface area (Å²) < 4.78 is 33.5. The highest BCUT2D eigenvalue weighted by Crippen LogP contribution is 2.29. The van der Waals surface area contributed by atoms with Gasteiger partial charge in [-0.05, 0) is 47.4 Å². The molecule has 7 heteroatoms. The molecule has 0 saturated carbocycles. The third-order valence-corrected chi connectivity index (χ3v) is 7.85. The van der Waals surface area contributed by atoms with Crippen molar-refractivity contribution in [1.29, 1.82) is 0 Å². The van der Waals surface area contributed by atoms with E-state index in [1.165, 1.54) is 17.5 Å². The van der Waals surface area contributed by atoms with Crippen molar-refractivity contribution in [2.75, 3.05) is 20.2 Å². The Labute approximate surface area is 189 Å². The number of benzene rings is 3. The van der Waals surface area contributed by atoms with Crippen LogP contribution in [-0.2, 0) is 16.6 Å². The molecule has 32 heavy (non-hydrogen) atoms. The minimum absolute atomic E-state index is 0.0414. The lowest BCUT2D eigenvalue weighted by Gasteiger charge is -2.21. The summed E-state index contributed by atoms with van der Waals surface area (Å²) >= 11 is 0. The summed E-state index contributed by atoms with van der Waals surface area (Å²) in [7, 11) is -2.31. The van der Waals surface area contributed by atoms with E-state index in [4.69, 9.17) is 4.74 Å². The summed E-state index contributed by atoms with van der Waals surface area (Å²) in [5.41, 5.74) is 1.29. The van der Waals surface area contributed by atoms with Gasteiger partial charge in [-0.15, -0.1) is 0 Å². The third kappa shape index (κ3) is 4.64. The molecule has 1 N–H and O–H groups in total. The molecule has 0 aromatic heterocycles. The molecule has 1 saturated heterocycles. The number of amides is 1. The van der Waals surface area contributed by atoms with Gasteiger partial charge in [0, 0.05) is 25.2 Å². The van der Waals surface area contributed by atoms with E-state index < -0.39 is 10.0 Å². The van der Waals surface area contributed by atoms with Gasteiger partial charge in [0.25, 0.3) is 5.91 Å². The van der Waals surface area contributed by atoms with E-state index in [1.54, 1.807) is 12.1 Å². The van der Waals surface area contributed by atoms with Crippen LogP contribution < -0.4 is 10.1 Å². The molecule has 0 bridgehead atoms. The molecule has 1 aliphatic heterocycles. The van der Waals surface area contributed by atoms with Gasteiger partial charge in [0.1, 0.15) is 10.6 Å². The highest BCUT2D eigenvalue weighted by molar-refractivity contribution is 7.89. The third-order valence-electron chi connectivity index (χ3n) is 5.93. The number of sulfonamides is 1. The Bertz CT molecular complexity index is 1210. The van der Waals surface area contributed by atoms with E-state index in [2.05, 4.69) is 5.32 Å². The van der Waals surface area contributed by atoms with Crippen LogP contribution in [0.5, 0.6) is 5.75 Å². The van der Waals surface area contributed by atoms with Crippen LogP contribution in [0.1, 0.15) is 41.6 Å². The van der Waals surface area contributed by atoms with Crippen molar-refractivity contribution in [1.82, 2.24) is 9.62 Å². The predicted molar refractivity (Wildman–Crippen MR) is 125 cm³/mol. The first-order valence-corrected chi connectivity index (χ1v) is 12.4. The van der Waals surface area contributed by atoms with Crippen LogP contribution in [0.25, 0.3) is 10.8 Å². The van der Waals surface area contributed by atoms with Crippen molar-refractivity contribution < 1.29 is 17.9 Å². The molecular formula is C25H28N2O4S. The second kappa shape index (κ2) is 9.71. The molecule has 0 spiro atoms. The number of methoxy groups -OCH3 is 1. The molecule has 3 aromatic carbocycles. The number of carbonyl (C=O) groups excluding carboxylic acids is 1. The second-order valence-electron chi connectivity index (χ2n) is 8.00. The summed E-state index contributed by atoms with van der Waals surface area (Å²) in [5.74, 6) is -0.0762. The van der Waals surface area contributed by atoms with Gasteiger partial charge in [-0.3, -0.25) is 4.79 Å². The van der Waals surface area contributed by atoms with E-state index in [1.807, 2.05) is 42.5 Å². The predicted octanol–water partition coefficient (Wildman–Crippen LogP) is 4.34. The lowest BCUT2D eigenvalue weighted by atomic mass is 10.0. The Morgan fingerprint density at radius 3 is 2.44 bits per heavy atom. The Morgan fingerprint density at radius 2 is 1.69 bits per heavy atom. The van der Waals surface area contributed by atoms with Gasteiger partial charge in [-0.2, -0.15) is 4.31 Å². The molecule has 0 atom stereocenters. The summed E-state index contributed by atoms with van der Waals surface area (Å²) in [6, 6.07) is 18.6. The minimum atomic E-state index is -3.75. The fraction of sp³-hybridized carbons (Fsp3) is 0.320. The fourth-order valence-corrected chi connectivity index (χ4v) is 5.86. The first-order chi connectivity index (χ1) is 15.5. The van der Waals surface area contributed by atoms with E-state index in [-0.39, 0.29) is 16.6 Å². The fourth-order valence-electron chi connectivity index (χ4n) is 4.16. The Kier molecular flexibility index (Phi) is 6.77. The molecule has 3 aromatic rings. The van der Waals surface area contributed by atoms with Gasteiger partial charge in [0.2, 0.25) is 10.0 Å². The average molecular weight is 453 g/mol. The molecular weight excluding hydrogens is 424 g/mol. The Balaban J connectivity index is 1.58. The van der Waals surface area contributed by atoms with Gasteiger partial charge in [-0.25, -0.2) is 8.42 Å². The lowest BCUT2D eigenvalue weighted by Crippen LogP contribution is -2.32. The van der Waals surface area contributed by atoms with E-state index >= 15 is 0 Å². The van der Waals surface area contributed by atoms with Crippen LogP contribution in [0.2, 0.25) is 0 Å². The number of nitrogens with zero attached hydrogens (tertiary/aromatic N) is 1. The van der Waals surface area contributed by atoms with Crippen molar-refractivity contribution in [3.05, 3.63) is 71.8 Å². The molecule has 1 aliphatic rings. The normalized spacial score (nSPS) is 15.3. The van der Waals surface area contributed by atoms with Crippen molar-refractivity contribution in [3.8, 4) is 5.75 Å². The van der Waals surface area contributed by atoms with Gasteiger partial charge in [0.05, 0.1) is 7.11 Å². The van der Waals surface area contributed by atoms with Crippen LogP contribution in [0.15, 0.2) is 65.6 Å². The zero-order chi connectivity index (χ0) is 22.6. The molecule has 0 unspecified atom stereocenters. The molecule has 1 fully saturated rings. The van der Waals surface area contributed by atoms with Gasteiger partial charge < -0.3 is 10.1 Å². The number of hydrogen-bond donors (Lipinski definition) is 1. The van der Waals surface area contributed by atoms with Crippen molar-refractivity contribution in [2.45, 2.75) is 37.1 Å². The van der Waals surface area contributed by atoms with Crippen LogP contribution in [0.4, 0.5) is 0 Å². The maximum absolute atomic E-state index is 13.3. The van der Waals surface area contributed by atoms with Crippen LogP contribution in [-0.4, -0.2) is 38.8 Å². The Morgan fingerprint density at radius 1 is 0.969 bits per heavy atom. The minimum Gasteiger partial charge on any atom is -0.495 e. The summed E-state index contributed by atoms with van der Waals surface area (Å²) in [4.78, 5) is 12.9. The Hall–Kier alpha value is -2.90. The SMILES string of the molecule is COc1ccc(C(=O)NCc2cccc3ccccc23)cc1S(=O)(=O)N1CCCCCC1. The number of hydrogen-bond acceptors (Lipinski definition) is 4. The summed E-state index contributed by atoms with van der Waals surface area (Å²) in [6.07, 6.45) is 3.74. The number of carbonyl (C=O) groups is 1. The number of ether oxygens (including phenoxy) is 1. The van der Waals surface area contributed by atoms with Crippen LogP contribution >= 0.6 is 0 Å². The molecule has 168 valence electrons. The zero-order valence-electron chi connectivity index (χ0n) is 18.2. The van der Waals surface area contributed by atoms with E-state index in [0.717, 1.165) is 42.0 Å². The standard InChI is InChI=1S/C25H28N2O4S/c1-31-23-14-13-20(17-24(23)32(29,30)27-15-6-2-3-7-16-27)25(28)26-18-21-11-8-10-19-9-4-5-12-22(19)21/h4-5,8-14,17H,2-3,6-7,15-16,18H2,1H3,(H,26,28). The molecule has 0 aliphatic carbocycles. The molecule has 0 radical (unpaired) electrons. The van der Waals surface area contributed by atoms with Gasteiger partial charge in [-0.1, -0.05) is 55.3 Å². The van der Waals surface area contributed by atoms with Crippen molar-refractivity contribution >= 4 is 26.7 Å². The van der Waals surface area contributed by atoms with Gasteiger partial charge >= 0.3 is 0 Å². The largest absolute Gasteiger partial charge is 0.495 e. The van der Waals surface area contributed by atoms with Crippen molar-refractivity contribution in [2.24, 2.45) is 0 Å². The van der Waals surface area contributed by atoms with E-state index in [0.29, 0.717) is 25.2 Å².